The quantitative estimate of drug-likeness (QED) is 0.795. The van der Waals surface area contributed by atoms with E-state index in [9.17, 15) is 4.79 Å². The number of hydrogen-bond donors (Lipinski definition) is 1. The van der Waals surface area contributed by atoms with Gasteiger partial charge < -0.3 is 9.84 Å². The molecule has 0 amide bonds. The van der Waals surface area contributed by atoms with Crippen LogP contribution in [0.2, 0.25) is 0 Å². The zero-order valence-electron chi connectivity index (χ0n) is 11.3. The molecule has 4 nitrogen and oxygen atoms in total. The summed E-state index contributed by atoms with van der Waals surface area (Å²) in [6.45, 7) is 1.73. The van der Waals surface area contributed by atoms with Crippen molar-refractivity contribution in [3.63, 3.8) is 0 Å². The van der Waals surface area contributed by atoms with Crippen molar-refractivity contribution >= 4 is 5.97 Å². The van der Waals surface area contributed by atoms with E-state index in [4.69, 9.17) is 5.11 Å². The van der Waals surface area contributed by atoms with Gasteiger partial charge in [0.1, 0.15) is 0 Å². The summed E-state index contributed by atoms with van der Waals surface area (Å²) in [5, 5.41) is 9.13. The van der Waals surface area contributed by atoms with Crippen molar-refractivity contribution in [1.82, 2.24) is 4.90 Å². The van der Waals surface area contributed by atoms with Gasteiger partial charge in [0, 0.05) is 19.1 Å². The fourth-order valence-electron chi connectivity index (χ4n) is 2.37. The molecule has 1 aromatic rings. The molecule has 1 N–H and O–H groups in total. The Balaban J connectivity index is 1.98. The lowest BCUT2D eigenvalue weighted by atomic mass is 9.91. The predicted molar refractivity (Wildman–Crippen MR) is 72.9 cm³/mol. The standard InChI is InChI=1S/C15H21NO3/c1-19-15(18)13-7-5-12(6-8-13)11-16(9-10-17)14-3-2-4-14/h5-8,14,17H,2-4,9-11H2,1H3. The smallest absolute Gasteiger partial charge is 0.337 e. The third kappa shape index (κ3) is 3.55. The molecule has 1 aliphatic rings. The molecule has 0 unspecified atom stereocenters. The zero-order chi connectivity index (χ0) is 13.7. The second-order valence-electron chi connectivity index (χ2n) is 4.97. The summed E-state index contributed by atoms with van der Waals surface area (Å²) in [6, 6.07) is 8.09. The molecule has 0 spiro atoms. The molecule has 0 aromatic heterocycles. The van der Waals surface area contributed by atoms with Crippen molar-refractivity contribution in [2.45, 2.75) is 31.8 Å². The number of aliphatic hydroxyl groups excluding tert-OH is 1. The van der Waals surface area contributed by atoms with Crippen molar-refractivity contribution < 1.29 is 14.6 Å². The van der Waals surface area contributed by atoms with E-state index in [2.05, 4.69) is 9.64 Å². The van der Waals surface area contributed by atoms with Gasteiger partial charge in [-0.05, 0) is 30.5 Å². The van der Waals surface area contributed by atoms with Crippen molar-refractivity contribution in [1.29, 1.82) is 0 Å². The molecule has 0 radical (unpaired) electrons. The lowest BCUT2D eigenvalue weighted by molar-refractivity contribution is 0.0600. The first kappa shape index (κ1) is 14.0. The summed E-state index contributed by atoms with van der Waals surface area (Å²) >= 11 is 0. The fourth-order valence-corrected chi connectivity index (χ4v) is 2.37. The van der Waals surface area contributed by atoms with E-state index < -0.39 is 0 Å². The van der Waals surface area contributed by atoms with E-state index in [1.54, 1.807) is 12.1 Å². The number of carbonyl (C=O) groups is 1. The lowest BCUT2D eigenvalue weighted by Crippen LogP contribution is -2.41. The van der Waals surface area contributed by atoms with Crippen LogP contribution in [0.5, 0.6) is 0 Å². The number of rotatable bonds is 6. The third-order valence-corrected chi connectivity index (χ3v) is 3.74. The number of aliphatic hydroxyl groups is 1. The van der Waals surface area contributed by atoms with E-state index in [0.717, 1.165) is 12.1 Å². The average Bonchev–Trinajstić information content (AvgIpc) is 2.37. The van der Waals surface area contributed by atoms with Gasteiger partial charge in [0.05, 0.1) is 19.3 Å². The zero-order valence-corrected chi connectivity index (χ0v) is 11.3. The lowest BCUT2D eigenvalue weighted by Gasteiger charge is -2.37. The summed E-state index contributed by atoms with van der Waals surface area (Å²) in [5.41, 5.74) is 1.73. The van der Waals surface area contributed by atoms with Crippen LogP contribution < -0.4 is 0 Å². The van der Waals surface area contributed by atoms with E-state index in [0.29, 0.717) is 18.2 Å². The van der Waals surface area contributed by atoms with Gasteiger partial charge in [0.15, 0.2) is 0 Å². The van der Waals surface area contributed by atoms with Crippen molar-refractivity contribution in [2.75, 3.05) is 20.3 Å². The number of hydrogen-bond acceptors (Lipinski definition) is 4. The minimum absolute atomic E-state index is 0.191. The van der Waals surface area contributed by atoms with Crippen LogP contribution in [0.1, 0.15) is 35.2 Å². The normalized spacial score (nSPS) is 15.3. The highest BCUT2D eigenvalue weighted by Gasteiger charge is 2.24. The van der Waals surface area contributed by atoms with E-state index in [1.165, 1.54) is 26.4 Å². The minimum atomic E-state index is -0.308. The molecule has 0 saturated heterocycles. The minimum Gasteiger partial charge on any atom is -0.465 e. The molecule has 1 aliphatic carbocycles. The van der Waals surface area contributed by atoms with E-state index in [1.807, 2.05) is 12.1 Å². The molecule has 1 saturated carbocycles. The number of nitrogens with zero attached hydrogens (tertiary/aromatic N) is 1. The van der Waals surface area contributed by atoms with Crippen LogP contribution in [0.25, 0.3) is 0 Å². The number of esters is 1. The van der Waals surface area contributed by atoms with Crippen molar-refractivity contribution in [3.8, 4) is 0 Å². The largest absolute Gasteiger partial charge is 0.465 e. The Morgan fingerprint density at radius 1 is 1.37 bits per heavy atom. The van der Waals surface area contributed by atoms with E-state index in [-0.39, 0.29) is 12.6 Å². The second kappa shape index (κ2) is 6.68. The van der Waals surface area contributed by atoms with Gasteiger partial charge in [-0.25, -0.2) is 4.79 Å². The Bertz CT molecular complexity index is 412. The van der Waals surface area contributed by atoms with Gasteiger partial charge in [0.25, 0.3) is 0 Å². The maximum Gasteiger partial charge on any atom is 0.337 e. The summed E-state index contributed by atoms with van der Waals surface area (Å²) in [4.78, 5) is 13.7. The fraction of sp³-hybridized carbons (Fsp3) is 0.533. The monoisotopic (exact) mass is 263 g/mol. The summed E-state index contributed by atoms with van der Waals surface area (Å²) in [5.74, 6) is -0.308. The SMILES string of the molecule is COC(=O)c1ccc(CN(CCO)C2CCC2)cc1. The van der Waals surface area contributed by atoms with Crippen molar-refractivity contribution in [3.05, 3.63) is 35.4 Å². The Labute approximate surface area is 114 Å². The predicted octanol–water partition coefficient (Wildman–Crippen LogP) is 1.82. The molecule has 2 rings (SSSR count). The second-order valence-corrected chi connectivity index (χ2v) is 4.97. The van der Waals surface area contributed by atoms with Crippen LogP contribution in [0.15, 0.2) is 24.3 Å². The molecule has 0 atom stereocenters. The Morgan fingerprint density at radius 2 is 2.05 bits per heavy atom. The molecule has 0 heterocycles. The van der Waals surface area contributed by atoms with Gasteiger partial charge in [-0.2, -0.15) is 0 Å². The maximum atomic E-state index is 11.3. The highest BCUT2D eigenvalue weighted by molar-refractivity contribution is 5.89. The molecule has 0 aliphatic heterocycles. The van der Waals surface area contributed by atoms with Crippen LogP contribution in [-0.2, 0) is 11.3 Å². The molecule has 19 heavy (non-hydrogen) atoms. The van der Waals surface area contributed by atoms with Crippen LogP contribution in [0, 0.1) is 0 Å². The molecule has 104 valence electrons. The number of methoxy groups -OCH3 is 1. The molecular formula is C15H21NO3. The van der Waals surface area contributed by atoms with Crippen molar-refractivity contribution in [2.24, 2.45) is 0 Å². The summed E-state index contributed by atoms with van der Waals surface area (Å²) in [6.07, 6.45) is 3.73. The maximum absolute atomic E-state index is 11.3. The molecule has 1 fully saturated rings. The van der Waals surface area contributed by atoms with Crippen LogP contribution in [0.4, 0.5) is 0 Å². The van der Waals surface area contributed by atoms with Crippen LogP contribution in [0.3, 0.4) is 0 Å². The van der Waals surface area contributed by atoms with Gasteiger partial charge in [-0.3, -0.25) is 4.90 Å². The van der Waals surface area contributed by atoms with E-state index >= 15 is 0 Å². The van der Waals surface area contributed by atoms with Crippen LogP contribution >= 0.6 is 0 Å². The highest BCUT2D eigenvalue weighted by Crippen LogP contribution is 2.26. The first-order chi connectivity index (χ1) is 9.24. The highest BCUT2D eigenvalue weighted by atomic mass is 16.5. The summed E-state index contributed by atoms with van der Waals surface area (Å²) < 4.78 is 4.68. The van der Waals surface area contributed by atoms with Gasteiger partial charge >= 0.3 is 5.97 Å². The topological polar surface area (TPSA) is 49.8 Å². The van der Waals surface area contributed by atoms with Gasteiger partial charge in [-0.1, -0.05) is 18.6 Å². The molecule has 4 heteroatoms. The average molecular weight is 263 g/mol. The number of ether oxygens (including phenoxy) is 1. The number of benzene rings is 1. The first-order valence-corrected chi connectivity index (χ1v) is 6.76. The van der Waals surface area contributed by atoms with Gasteiger partial charge in [0.2, 0.25) is 0 Å². The Hall–Kier alpha value is -1.39. The summed E-state index contributed by atoms with van der Waals surface area (Å²) in [7, 11) is 1.38. The Kier molecular flexibility index (Phi) is 4.93. The third-order valence-electron chi connectivity index (χ3n) is 3.74. The Morgan fingerprint density at radius 3 is 2.53 bits per heavy atom. The molecular weight excluding hydrogens is 242 g/mol. The number of carbonyl (C=O) groups excluding carboxylic acids is 1. The first-order valence-electron chi connectivity index (χ1n) is 6.76. The van der Waals surface area contributed by atoms with Gasteiger partial charge in [-0.15, -0.1) is 0 Å². The van der Waals surface area contributed by atoms with Crippen LogP contribution in [-0.4, -0.2) is 42.3 Å². The molecule has 0 bridgehead atoms. The molecule has 1 aromatic carbocycles.